The molecule has 19 heavy (non-hydrogen) atoms. The van der Waals surface area contributed by atoms with Crippen molar-refractivity contribution in [2.24, 2.45) is 5.90 Å². The van der Waals surface area contributed by atoms with E-state index in [9.17, 15) is 4.21 Å². The molecule has 2 aromatic rings. The highest BCUT2D eigenvalue weighted by molar-refractivity contribution is 7.84. The van der Waals surface area contributed by atoms with Crippen molar-refractivity contribution in [1.82, 2.24) is 4.98 Å². The Morgan fingerprint density at radius 3 is 2.74 bits per heavy atom. The van der Waals surface area contributed by atoms with Crippen LogP contribution in [0.4, 0.5) is 5.82 Å². The first-order valence-corrected chi connectivity index (χ1v) is 7.22. The van der Waals surface area contributed by atoms with Gasteiger partial charge in [-0.25, -0.2) is 4.98 Å². The van der Waals surface area contributed by atoms with E-state index in [4.69, 9.17) is 28.1 Å². The van der Waals surface area contributed by atoms with E-state index in [0.29, 0.717) is 27.0 Å². The average Bonchev–Trinajstić information content (AvgIpc) is 2.40. The standard InChI is InChI=1S/C12H12ClN3O2S/c1-19(17)11-3-2-7(4-10(11)18-15)8-5-12(14)16-6-9(8)13/h2-6H,15H2,1H3,(H2,14,16). The Morgan fingerprint density at radius 2 is 2.11 bits per heavy atom. The van der Waals surface area contributed by atoms with Crippen molar-refractivity contribution in [3.8, 4) is 16.9 Å². The summed E-state index contributed by atoms with van der Waals surface area (Å²) in [4.78, 5) is 9.17. The average molecular weight is 298 g/mol. The zero-order valence-electron chi connectivity index (χ0n) is 10.1. The van der Waals surface area contributed by atoms with Crippen LogP contribution in [0.5, 0.6) is 5.75 Å². The first-order chi connectivity index (χ1) is 9.02. The van der Waals surface area contributed by atoms with Gasteiger partial charge < -0.3 is 10.6 Å². The molecule has 0 bridgehead atoms. The molecule has 0 fully saturated rings. The molecule has 2 rings (SSSR count). The van der Waals surface area contributed by atoms with E-state index in [1.165, 1.54) is 6.20 Å². The topological polar surface area (TPSA) is 91.2 Å². The number of nitrogen functional groups attached to an aromatic ring is 1. The van der Waals surface area contributed by atoms with Crippen LogP contribution >= 0.6 is 11.6 Å². The second kappa shape index (κ2) is 5.56. The summed E-state index contributed by atoms with van der Waals surface area (Å²) >= 11 is 6.08. The Balaban J connectivity index is 2.57. The minimum absolute atomic E-state index is 0.338. The predicted molar refractivity (Wildman–Crippen MR) is 76.2 cm³/mol. The molecule has 4 N–H and O–H groups in total. The van der Waals surface area contributed by atoms with Crippen molar-refractivity contribution in [3.05, 3.63) is 35.5 Å². The number of nitrogens with zero attached hydrogens (tertiary/aromatic N) is 1. The Hall–Kier alpha value is -1.63. The van der Waals surface area contributed by atoms with Gasteiger partial charge >= 0.3 is 0 Å². The zero-order chi connectivity index (χ0) is 14.0. The summed E-state index contributed by atoms with van der Waals surface area (Å²) in [5, 5.41) is 0.461. The highest BCUT2D eigenvalue weighted by Gasteiger charge is 2.11. The van der Waals surface area contributed by atoms with Crippen LogP contribution in [-0.4, -0.2) is 15.4 Å². The van der Waals surface area contributed by atoms with E-state index >= 15 is 0 Å². The minimum atomic E-state index is -1.19. The number of pyridine rings is 1. The van der Waals surface area contributed by atoms with Crippen molar-refractivity contribution in [3.63, 3.8) is 0 Å². The van der Waals surface area contributed by atoms with Crippen LogP contribution in [0.3, 0.4) is 0 Å². The molecule has 1 aromatic carbocycles. The van der Waals surface area contributed by atoms with Gasteiger partial charge in [-0.3, -0.25) is 4.21 Å². The summed E-state index contributed by atoms with van der Waals surface area (Å²) < 4.78 is 11.5. The molecule has 0 radical (unpaired) electrons. The van der Waals surface area contributed by atoms with Crippen molar-refractivity contribution < 1.29 is 9.05 Å². The van der Waals surface area contributed by atoms with Crippen LogP contribution in [0.15, 0.2) is 35.4 Å². The van der Waals surface area contributed by atoms with Crippen LogP contribution in [0.1, 0.15) is 0 Å². The molecule has 1 unspecified atom stereocenters. The molecule has 1 heterocycles. The van der Waals surface area contributed by atoms with E-state index in [-0.39, 0.29) is 0 Å². The quantitative estimate of drug-likeness (QED) is 0.845. The molecular formula is C12H12ClN3O2S. The number of hydrogen-bond acceptors (Lipinski definition) is 5. The van der Waals surface area contributed by atoms with Crippen LogP contribution < -0.4 is 16.5 Å². The number of hydrogen-bond donors (Lipinski definition) is 2. The maximum absolute atomic E-state index is 11.5. The molecular weight excluding hydrogens is 286 g/mol. The second-order valence-electron chi connectivity index (χ2n) is 3.82. The Kier molecular flexibility index (Phi) is 4.04. The normalized spacial score (nSPS) is 12.2. The van der Waals surface area contributed by atoms with Gasteiger partial charge in [-0.1, -0.05) is 17.7 Å². The smallest absolute Gasteiger partial charge is 0.163 e. The lowest BCUT2D eigenvalue weighted by Crippen LogP contribution is -2.05. The minimum Gasteiger partial charge on any atom is -0.410 e. The van der Waals surface area contributed by atoms with Gasteiger partial charge in [0.1, 0.15) is 5.82 Å². The highest BCUT2D eigenvalue weighted by atomic mass is 35.5. The van der Waals surface area contributed by atoms with E-state index in [0.717, 1.165) is 5.56 Å². The summed E-state index contributed by atoms with van der Waals surface area (Å²) in [6.45, 7) is 0. The Labute approximate surface area is 117 Å². The van der Waals surface area contributed by atoms with Crippen molar-refractivity contribution in [2.45, 2.75) is 4.90 Å². The summed E-state index contributed by atoms with van der Waals surface area (Å²) in [6.07, 6.45) is 3.02. The fourth-order valence-corrected chi connectivity index (χ4v) is 2.54. The lowest BCUT2D eigenvalue weighted by atomic mass is 10.1. The van der Waals surface area contributed by atoms with Gasteiger partial charge in [0.15, 0.2) is 5.75 Å². The lowest BCUT2D eigenvalue weighted by molar-refractivity contribution is 0.326. The molecule has 1 atom stereocenters. The number of anilines is 1. The zero-order valence-corrected chi connectivity index (χ0v) is 11.7. The monoisotopic (exact) mass is 297 g/mol. The van der Waals surface area contributed by atoms with Crippen LogP contribution in [0, 0.1) is 0 Å². The molecule has 0 amide bonds. The molecule has 5 nitrogen and oxygen atoms in total. The third-order valence-electron chi connectivity index (χ3n) is 2.57. The predicted octanol–water partition coefficient (Wildman–Crippen LogP) is 1.97. The molecule has 1 aromatic heterocycles. The number of nitrogens with two attached hydrogens (primary N) is 2. The molecule has 0 spiro atoms. The summed E-state index contributed by atoms with van der Waals surface area (Å²) in [7, 11) is -1.19. The van der Waals surface area contributed by atoms with Crippen LogP contribution in [0.25, 0.3) is 11.1 Å². The summed E-state index contributed by atoms with van der Waals surface area (Å²) in [5.74, 6) is 5.90. The van der Waals surface area contributed by atoms with Gasteiger partial charge in [0.05, 0.1) is 20.7 Å². The molecule has 0 saturated heterocycles. The van der Waals surface area contributed by atoms with Crippen LogP contribution in [-0.2, 0) is 10.8 Å². The first-order valence-electron chi connectivity index (χ1n) is 5.28. The van der Waals surface area contributed by atoms with Gasteiger partial charge in [-0.2, -0.15) is 5.90 Å². The maximum Gasteiger partial charge on any atom is 0.163 e. The van der Waals surface area contributed by atoms with E-state index in [2.05, 4.69) is 4.98 Å². The highest BCUT2D eigenvalue weighted by Crippen LogP contribution is 2.33. The molecule has 100 valence electrons. The summed E-state index contributed by atoms with van der Waals surface area (Å²) in [6, 6.07) is 6.78. The SMILES string of the molecule is CS(=O)c1ccc(-c2cc(N)ncc2Cl)cc1ON. The van der Waals surface area contributed by atoms with Crippen molar-refractivity contribution >= 4 is 28.2 Å². The van der Waals surface area contributed by atoms with Crippen LogP contribution in [0.2, 0.25) is 5.02 Å². The molecule has 0 aliphatic carbocycles. The third-order valence-corrected chi connectivity index (χ3v) is 3.83. The second-order valence-corrected chi connectivity index (χ2v) is 5.58. The van der Waals surface area contributed by atoms with Gasteiger partial charge in [-0.05, 0) is 23.8 Å². The Bertz CT molecular complexity index is 649. The van der Waals surface area contributed by atoms with E-state index < -0.39 is 10.8 Å². The van der Waals surface area contributed by atoms with Gasteiger partial charge in [0.25, 0.3) is 0 Å². The fraction of sp³-hybridized carbons (Fsp3) is 0.0833. The van der Waals surface area contributed by atoms with Gasteiger partial charge in [0, 0.05) is 18.0 Å². The van der Waals surface area contributed by atoms with Gasteiger partial charge in [0.2, 0.25) is 0 Å². The largest absolute Gasteiger partial charge is 0.410 e. The van der Waals surface area contributed by atoms with E-state index in [1.54, 1.807) is 30.5 Å². The molecule has 0 aliphatic heterocycles. The Morgan fingerprint density at radius 1 is 1.37 bits per heavy atom. The van der Waals surface area contributed by atoms with Gasteiger partial charge in [-0.15, -0.1) is 0 Å². The van der Waals surface area contributed by atoms with Crippen molar-refractivity contribution in [2.75, 3.05) is 12.0 Å². The van der Waals surface area contributed by atoms with Crippen molar-refractivity contribution in [1.29, 1.82) is 0 Å². The number of aromatic nitrogens is 1. The number of halogens is 1. The molecule has 7 heteroatoms. The number of rotatable bonds is 3. The first kappa shape index (κ1) is 13.8. The lowest BCUT2D eigenvalue weighted by Gasteiger charge is -2.09. The fourth-order valence-electron chi connectivity index (χ4n) is 1.68. The summed E-state index contributed by atoms with van der Waals surface area (Å²) in [5.41, 5.74) is 7.11. The number of benzene rings is 1. The molecule has 0 saturated carbocycles. The third kappa shape index (κ3) is 2.86. The van der Waals surface area contributed by atoms with E-state index in [1.807, 2.05) is 0 Å². The molecule has 0 aliphatic rings. The maximum atomic E-state index is 11.5.